The van der Waals surface area contributed by atoms with Crippen LogP contribution in [0.1, 0.15) is 20.3 Å². The smallest absolute Gasteiger partial charge is 0.195 e. The van der Waals surface area contributed by atoms with E-state index in [1.807, 2.05) is 7.05 Å². The van der Waals surface area contributed by atoms with Gasteiger partial charge in [-0.1, -0.05) is 13.8 Å². The molecular formula is C10H21N5. The second-order valence-electron chi connectivity index (χ2n) is 4.09. The minimum Gasteiger partial charge on any atom is -0.370 e. The highest BCUT2D eigenvalue weighted by atomic mass is 15.2. The molecular weight excluding hydrogens is 190 g/mol. The van der Waals surface area contributed by atoms with Crippen LogP contribution in [0.15, 0.2) is 16.8 Å². The van der Waals surface area contributed by atoms with Crippen LogP contribution in [0.4, 0.5) is 0 Å². The van der Waals surface area contributed by atoms with Crippen molar-refractivity contribution >= 4 is 5.96 Å². The van der Waals surface area contributed by atoms with Crippen molar-refractivity contribution < 1.29 is 0 Å². The molecule has 0 aliphatic carbocycles. The van der Waals surface area contributed by atoms with Gasteiger partial charge >= 0.3 is 0 Å². The number of likely N-dealkylation sites (N-methyl/N-ethyl adjacent to an activating group) is 1. The highest BCUT2D eigenvalue weighted by Crippen LogP contribution is 2.21. The van der Waals surface area contributed by atoms with Crippen LogP contribution in [-0.4, -0.2) is 25.2 Å². The molecule has 0 amide bonds. The van der Waals surface area contributed by atoms with Crippen LogP contribution in [0.2, 0.25) is 0 Å². The van der Waals surface area contributed by atoms with Gasteiger partial charge in [0.2, 0.25) is 0 Å². The Morgan fingerprint density at radius 2 is 2.27 bits per heavy atom. The summed E-state index contributed by atoms with van der Waals surface area (Å²) in [5.41, 5.74) is 12.0. The Hall–Kier alpha value is -1.07. The van der Waals surface area contributed by atoms with Crippen molar-refractivity contribution in [2.24, 2.45) is 22.4 Å². The molecule has 0 aromatic carbocycles. The number of allylic oxidation sites excluding steroid dienone is 1. The third kappa shape index (κ3) is 2.70. The van der Waals surface area contributed by atoms with Crippen LogP contribution in [0.25, 0.3) is 0 Å². The molecule has 0 saturated carbocycles. The van der Waals surface area contributed by atoms with Gasteiger partial charge in [-0.2, -0.15) is 0 Å². The Labute approximate surface area is 91.0 Å². The standard InChI is InChI=1S/C10H21N5/c1-7(2)8-6-10(13-3,4-5-11)15-9(12)14-8/h6-7,13H,4-5,11H2,1-3H3,(H3,12,14,15). The second-order valence-corrected chi connectivity index (χ2v) is 4.09. The Bertz CT molecular complexity index is 282. The van der Waals surface area contributed by atoms with Gasteiger partial charge in [0.15, 0.2) is 5.96 Å². The molecule has 5 heteroatoms. The maximum atomic E-state index is 5.76. The van der Waals surface area contributed by atoms with Gasteiger partial charge in [-0.05, 0) is 25.6 Å². The van der Waals surface area contributed by atoms with Gasteiger partial charge in [0.1, 0.15) is 5.66 Å². The predicted octanol–water partition coefficient (Wildman–Crippen LogP) is -0.291. The molecule has 0 spiro atoms. The lowest BCUT2D eigenvalue weighted by Crippen LogP contribution is -2.50. The minimum atomic E-state index is -0.441. The summed E-state index contributed by atoms with van der Waals surface area (Å²) < 4.78 is 0. The number of aliphatic imine (C=N–C) groups is 1. The first kappa shape index (κ1) is 12.0. The lowest BCUT2D eigenvalue weighted by atomic mass is 9.99. The van der Waals surface area contributed by atoms with Crippen LogP contribution in [-0.2, 0) is 0 Å². The number of hydrogen-bond acceptors (Lipinski definition) is 5. The molecule has 0 aromatic rings. The van der Waals surface area contributed by atoms with Crippen molar-refractivity contribution in [2.75, 3.05) is 13.6 Å². The molecule has 1 aliphatic rings. The zero-order valence-corrected chi connectivity index (χ0v) is 9.67. The van der Waals surface area contributed by atoms with Gasteiger partial charge in [-0.3, -0.25) is 5.32 Å². The summed E-state index contributed by atoms with van der Waals surface area (Å²) in [6.07, 6.45) is 2.81. The first-order chi connectivity index (χ1) is 7.03. The summed E-state index contributed by atoms with van der Waals surface area (Å²) in [6.45, 7) is 4.79. The molecule has 1 atom stereocenters. The van der Waals surface area contributed by atoms with Crippen molar-refractivity contribution in [3.05, 3.63) is 11.8 Å². The fourth-order valence-corrected chi connectivity index (χ4v) is 1.63. The minimum absolute atomic E-state index is 0.393. The van der Waals surface area contributed by atoms with E-state index >= 15 is 0 Å². The predicted molar refractivity (Wildman–Crippen MR) is 63.1 cm³/mol. The molecule has 0 radical (unpaired) electrons. The lowest BCUT2D eigenvalue weighted by molar-refractivity contribution is 0.413. The monoisotopic (exact) mass is 211 g/mol. The highest BCUT2D eigenvalue weighted by Gasteiger charge is 2.29. The van der Waals surface area contributed by atoms with E-state index in [9.17, 15) is 0 Å². The van der Waals surface area contributed by atoms with Gasteiger partial charge in [0.25, 0.3) is 0 Å². The largest absolute Gasteiger partial charge is 0.370 e. The quantitative estimate of drug-likeness (QED) is 0.514. The molecule has 1 aliphatic heterocycles. The Morgan fingerprint density at radius 1 is 1.60 bits per heavy atom. The Kier molecular flexibility index (Phi) is 3.71. The van der Waals surface area contributed by atoms with Gasteiger partial charge < -0.3 is 16.8 Å². The van der Waals surface area contributed by atoms with Crippen molar-refractivity contribution in [1.82, 2.24) is 10.6 Å². The highest BCUT2D eigenvalue weighted by molar-refractivity contribution is 5.81. The van der Waals surface area contributed by atoms with Gasteiger partial charge in [0, 0.05) is 12.1 Å². The zero-order chi connectivity index (χ0) is 11.5. The number of rotatable bonds is 4. The van der Waals surface area contributed by atoms with E-state index in [0.717, 1.165) is 12.1 Å². The summed E-state index contributed by atoms with van der Waals surface area (Å²) in [5.74, 6) is 0.841. The second kappa shape index (κ2) is 4.63. The maximum Gasteiger partial charge on any atom is 0.195 e. The van der Waals surface area contributed by atoms with Gasteiger partial charge in [0.05, 0.1) is 0 Å². The number of nitrogens with two attached hydrogens (primary N) is 2. The summed E-state index contributed by atoms with van der Waals surface area (Å²) >= 11 is 0. The molecule has 0 fully saturated rings. The summed E-state index contributed by atoms with van der Waals surface area (Å²) in [5, 5.41) is 6.24. The molecule has 15 heavy (non-hydrogen) atoms. The fraction of sp³-hybridized carbons (Fsp3) is 0.700. The van der Waals surface area contributed by atoms with Crippen LogP contribution < -0.4 is 22.1 Å². The van der Waals surface area contributed by atoms with Crippen molar-refractivity contribution in [1.29, 1.82) is 0 Å². The summed E-state index contributed by atoms with van der Waals surface area (Å²) in [7, 11) is 1.87. The van der Waals surface area contributed by atoms with E-state index in [0.29, 0.717) is 18.4 Å². The summed E-state index contributed by atoms with van der Waals surface area (Å²) in [6, 6.07) is 0. The van der Waals surface area contributed by atoms with Gasteiger partial charge in [-0.25, -0.2) is 4.99 Å². The molecule has 1 heterocycles. The Balaban J connectivity index is 2.98. The Morgan fingerprint density at radius 3 is 2.73 bits per heavy atom. The van der Waals surface area contributed by atoms with E-state index in [-0.39, 0.29) is 0 Å². The molecule has 0 bridgehead atoms. The fourth-order valence-electron chi connectivity index (χ4n) is 1.63. The van der Waals surface area contributed by atoms with Crippen LogP contribution in [0.3, 0.4) is 0 Å². The normalized spacial score (nSPS) is 25.9. The van der Waals surface area contributed by atoms with Crippen molar-refractivity contribution in [2.45, 2.75) is 25.9 Å². The van der Waals surface area contributed by atoms with Gasteiger partial charge in [-0.15, -0.1) is 0 Å². The molecule has 0 aromatic heterocycles. The first-order valence-corrected chi connectivity index (χ1v) is 5.27. The van der Waals surface area contributed by atoms with E-state index in [1.54, 1.807) is 0 Å². The molecule has 6 N–H and O–H groups in total. The third-order valence-electron chi connectivity index (χ3n) is 2.57. The average molecular weight is 211 g/mol. The number of guanidine groups is 1. The average Bonchev–Trinajstić information content (AvgIpc) is 2.17. The van der Waals surface area contributed by atoms with E-state index in [2.05, 4.69) is 35.5 Å². The topological polar surface area (TPSA) is 88.5 Å². The maximum absolute atomic E-state index is 5.76. The van der Waals surface area contributed by atoms with Crippen molar-refractivity contribution in [3.63, 3.8) is 0 Å². The van der Waals surface area contributed by atoms with E-state index < -0.39 is 5.66 Å². The van der Waals surface area contributed by atoms with E-state index in [1.165, 1.54) is 0 Å². The van der Waals surface area contributed by atoms with Crippen molar-refractivity contribution in [3.8, 4) is 0 Å². The van der Waals surface area contributed by atoms with Crippen LogP contribution >= 0.6 is 0 Å². The first-order valence-electron chi connectivity index (χ1n) is 5.27. The number of nitrogens with one attached hydrogen (secondary N) is 2. The van der Waals surface area contributed by atoms with E-state index in [4.69, 9.17) is 11.5 Å². The summed E-state index contributed by atoms with van der Waals surface area (Å²) in [4.78, 5) is 4.37. The molecule has 1 unspecified atom stereocenters. The number of hydrogen-bond donors (Lipinski definition) is 4. The molecule has 1 rings (SSSR count). The molecule has 86 valence electrons. The SMILES string of the molecule is CNC1(CCN)C=C(C(C)C)NC(N)=N1. The van der Waals surface area contributed by atoms with Crippen LogP contribution in [0, 0.1) is 5.92 Å². The molecule has 5 nitrogen and oxygen atoms in total. The molecule has 0 saturated heterocycles. The zero-order valence-electron chi connectivity index (χ0n) is 9.67. The third-order valence-corrected chi connectivity index (χ3v) is 2.57. The van der Waals surface area contributed by atoms with Crippen LogP contribution in [0.5, 0.6) is 0 Å². The number of nitrogens with zero attached hydrogens (tertiary/aromatic N) is 1. The lowest BCUT2D eigenvalue weighted by Gasteiger charge is -2.32.